The van der Waals surface area contributed by atoms with Crippen molar-refractivity contribution < 1.29 is 31.9 Å². The lowest BCUT2D eigenvalue weighted by Crippen LogP contribution is -2.12. The van der Waals surface area contributed by atoms with Gasteiger partial charge in [0, 0.05) is 17.3 Å². The van der Waals surface area contributed by atoms with E-state index in [1.54, 1.807) is 30.3 Å². The number of hydrogen-bond donors (Lipinski definition) is 2. The van der Waals surface area contributed by atoms with Gasteiger partial charge < -0.3 is 23.5 Å². The van der Waals surface area contributed by atoms with E-state index in [1.807, 2.05) is 0 Å². The number of benzene rings is 2. The maximum Gasteiger partial charge on any atom is 0.271 e. The van der Waals surface area contributed by atoms with E-state index < -0.39 is 21.2 Å². The molecule has 0 aliphatic carbocycles. The Morgan fingerprint density at radius 1 is 1.00 bits per heavy atom. The Hall–Kier alpha value is -4.29. The molecule has 0 atom stereocenters. The van der Waals surface area contributed by atoms with Crippen LogP contribution in [0.15, 0.2) is 78.8 Å². The Labute approximate surface area is 201 Å². The van der Waals surface area contributed by atoms with Crippen molar-refractivity contribution in [1.29, 1.82) is 0 Å². The van der Waals surface area contributed by atoms with Crippen molar-refractivity contribution in [2.75, 3.05) is 11.5 Å². The smallest absolute Gasteiger partial charge is 0.271 e. The predicted octanol–water partition coefficient (Wildman–Crippen LogP) is 4.41. The van der Waals surface area contributed by atoms with Gasteiger partial charge in [0.15, 0.2) is 17.3 Å². The molecule has 6 rings (SSSR count). The lowest BCUT2D eigenvalue weighted by molar-refractivity contribution is 0.174. The number of ether oxygens (including phenoxy) is 2. The molecule has 176 valence electrons. The number of fused-ring (bicyclic) bond motifs is 2. The van der Waals surface area contributed by atoms with Gasteiger partial charge in [0.05, 0.1) is 10.3 Å². The van der Waals surface area contributed by atoms with Gasteiger partial charge in [-0.1, -0.05) is 5.16 Å². The molecular formula is C23H14N2O8S2. The molecule has 0 radical (unpaired) electrons. The standard InChI is InChI=1S/C23H14N2O8S2/c26-21-14-10-13(25-35(28,29)20-6-5-19(34-20)15-7-8-32-24-15)2-4-16(14)33-23(22(21)27)12-1-3-17-18(9-12)31-11-30-17/h1-10,25,27H,11H2. The molecule has 3 aromatic heterocycles. The van der Waals surface area contributed by atoms with E-state index in [9.17, 15) is 18.3 Å². The van der Waals surface area contributed by atoms with Gasteiger partial charge in [-0.05, 0) is 48.5 Å². The number of aromatic nitrogens is 1. The minimum absolute atomic E-state index is 0.0154. The van der Waals surface area contributed by atoms with Crippen LogP contribution in [-0.4, -0.2) is 25.5 Å². The molecule has 2 N–H and O–H groups in total. The summed E-state index contributed by atoms with van der Waals surface area (Å²) in [5.74, 6) is 0.377. The number of rotatable bonds is 5. The lowest BCUT2D eigenvalue weighted by atomic mass is 10.1. The quantitative estimate of drug-likeness (QED) is 0.352. The third kappa shape index (κ3) is 3.68. The number of anilines is 1. The van der Waals surface area contributed by atoms with Crippen molar-refractivity contribution in [3.8, 4) is 39.1 Å². The molecule has 0 spiro atoms. The molecule has 0 fully saturated rings. The van der Waals surface area contributed by atoms with Gasteiger partial charge in [0.1, 0.15) is 21.7 Å². The number of nitrogens with one attached hydrogen (secondary N) is 1. The molecule has 1 aliphatic rings. The second kappa shape index (κ2) is 7.89. The maximum atomic E-state index is 12.9. The summed E-state index contributed by atoms with van der Waals surface area (Å²) in [4.78, 5) is 13.5. The van der Waals surface area contributed by atoms with E-state index in [0.29, 0.717) is 27.6 Å². The third-order valence-corrected chi connectivity index (χ3v) is 8.27. The SMILES string of the molecule is O=c1c(O)c(-c2ccc3c(c2)OCO3)oc2ccc(NS(=O)(=O)c3ccc(-c4ccon4)s3)cc12. The zero-order valence-corrected chi connectivity index (χ0v) is 19.2. The highest BCUT2D eigenvalue weighted by Crippen LogP contribution is 2.39. The second-order valence-electron chi connectivity index (χ2n) is 7.50. The summed E-state index contributed by atoms with van der Waals surface area (Å²) in [5, 5.41) is 14.4. The minimum atomic E-state index is -3.94. The monoisotopic (exact) mass is 510 g/mol. The molecule has 2 aromatic carbocycles. The largest absolute Gasteiger partial charge is 0.502 e. The predicted molar refractivity (Wildman–Crippen MR) is 126 cm³/mol. The van der Waals surface area contributed by atoms with Crippen LogP contribution in [-0.2, 0) is 10.0 Å². The molecule has 0 amide bonds. The molecule has 10 nitrogen and oxygen atoms in total. The molecule has 1 aliphatic heterocycles. The van der Waals surface area contributed by atoms with Gasteiger partial charge in [-0.25, -0.2) is 8.42 Å². The average molecular weight is 511 g/mol. The van der Waals surface area contributed by atoms with Crippen molar-refractivity contribution >= 4 is 38.0 Å². The van der Waals surface area contributed by atoms with Crippen molar-refractivity contribution in [1.82, 2.24) is 5.16 Å². The fourth-order valence-corrected chi connectivity index (χ4v) is 5.95. The van der Waals surface area contributed by atoms with Crippen molar-refractivity contribution in [2.45, 2.75) is 4.21 Å². The Kier molecular flexibility index (Phi) is 4.79. The highest BCUT2D eigenvalue weighted by molar-refractivity contribution is 7.94. The summed E-state index contributed by atoms with van der Waals surface area (Å²) in [6, 6.07) is 13.8. The number of sulfonamides is 1. The zero-order chi connectivity index (χ0) is 24.2. The van der Waals surface area contributed by atoms with Crippen molar-refractivity contribution in [3.05, 3.63) is 71.1 Å². The van der Waals surface area contributed by atoms with Crippen LogP contribution in [0, 0.1) is 0 Å². The highest BCUT2D eigenvalue weighted by Gasteiger charge is 2.22. The molecule has 0 unspecified atom stereocenters. The van der Waals surface area contributed by atoms with Crippen LogP contribution in [0.1, 0.15) is 0 Å². The Balaban J connectivity index is 1.34. The summed E-state index contributed by atoms with van der Waals surface area (Å²) in [6.07, 6.45) is 1.40. The summed E-state index contributed by atoms with van der Waals surface area (Å²) in [5.41, 5.74) is 0.554. The van der Waals surface area contributed by atoms with Crippen LogP contribution >= 0.6 is 11.3 Å². The molecule has 4 heterocycles. The topological polar surface area (TPSA) is 141 Å². The van der Waals surface area contributed by atoms with Crippen LogP contribution in [0.3, 0.4) is 0 Å². The van der Waals surface area contributed by atoms with Crippen LogP contribution < -0.4 is 19.6 Å². The molecule has 35 heavy (non-hydrogen) atoms. The van der Waals surface area contributed by atoms with Crippen LogP contribution in [0.2, 0.25) is 0 Å². The fourth-order valence-electron chi connectivity index (χ4n) is 3.63. The van der Waals surface area contributed by atoms with Gasteiger partial charge in [-0.15, -0.1) is 11.3 Å². The molecular weight excluding hydrogens is 496 g/mol. The van der Waals surface area contributed by atoms with Gasteiger partial charge in [0.25, 0.3) is 10.0 Å². The first-order valence-electron chi connectivity index (χ1n) is 10.1. The fraction of sp³-hybridized carbons (Fsp3) is 0.0435. The van der Waals surface area contributed by atoms with Crippen LogP contribution in [0.25, 0.3) is 32.9 Å². The normalized spacial score (nSPS) is 12.8. The number of nitrogens with zero attached hydrogens (tertiary/aromatic N) is 1. The van der Waals surface area contributed by atoms with E-state index in [-0.39, 0.29) is 33.4 Å². The average Bonchev–Trinajstić information content (AvgIpc) is 3.62. The van der Waals surface area contributed by atoms with Crippen molar-refractivity contribution in [3.63, 3.8) is 0 Å². The molecule has 0 saturated heterocycles. The molecule has 0 bridgehead atoms. The third-order valence-electron chi connectivity index (χ3n) is 5.29. The lowest BCUT2D eigenvalue weighted by Gasteiger charge is -2.09. The van der Waals surface area contributed by atoms with E-state index in [1.165, 1.54) is 30.5 Å². The number of thiophene rings is 1. The Morgan fingerprint density at radius 2 is 1.86 bits per heavy atom. The first-order chi connectivity index (χ1) is 16.9. The summed E-state index contributed by atoms with van der Waals surface area (Å²) < 4.78 is 49.5. The van der Waals surface area contributed by atoms with Gasteiger partial charge in [0.2, 0.25) is 18.0 Å². The first-order valence-corrected chi connectivity index (χ1v) is 12.4. The summed E-state index contributed by atoms with van der Waals surface area (Å²) >= 11 is 1.02. The second-order valence-corrected chi connectivity index (χ2v) is 10.5. The van der Waals surface area contributed by atoms with E-state index in [4.69, 9.17) is 18.4 Å². The Bertz CT molecular complexity index is 1750. The van der Waals surface area contributed by atoms with E-state index in [2.05, 4.69) is 9.88 Å². The maximum absolute atomic E-state index is 12.9. The van der Waals surface area contributed by atoms with Crippen molar-refractivity contribution in [2.24, 2.45) is 0 Å². The van der Waals surface area contributed by atoms with Gasteiger partial charge >= 0.3 is 0 Å². The molecule has 12 heteroatoms. The van der Waals surface area contributed by atoms with Gasteiger partial charge in [-0.2, -0.15) is 0 Å². The summed E-state index contributed by atoms with van der Waals surface area (Å²) in [7, 11) is -3.94. The number of aromatic hydroxyl groups is 1. The van der Waals surface area contributed by atoms with E-state index >= 15 is 0 Å². The van der Waals surface area contributed by atoms with E-state index in [0.717, 1.165) is 11.3 Å². The minimum Gasteiger partial charge on any atom is -0.502 e. The summed E-state index contributed by atoms with van der Waals surface area (Å²) in [6.45, 7) is 0.0815. The van der Waals surface area contributed by atoms with Crippen LogP contribution in [0.5, 0.6) is 17.2 Å². The van der Waals surface area contributed by atoms with Crippen LogP contribution in [0.4, 0.5) is 5.69 Å². The number of hydrogen-bond acceptors (Lipinski definition) is 10. The Morgan fingerprint density at radius 3 is 2.69 bits per heavy atom. The van der Waals surface area contributed by atoms with Gasteiger partial charge in [-0.3, -0.25) is 9.52 Å². The molecule has 0 saturated carbocycles. The first kappa shape index (κ1) is 21.3. The molecule has 5 aromatic rings. The highest BCUT2D eigenvalue weighted by atomic mass is 32.2. The zero-order valence-electron chi connectivity index (χ0n) is 17.5.